The minimum absolute atomic E-state index is 0.269. The molecule has 0 bridgehead atoms. The average molecular weight is 397 g/mol. The second-order valence-electron chi connectivity index (χ2n) is 6.65. The molecule has 0 unspecified atom stereocenters. The number of benzene rings is 2. The maximum Gasteiger partial charge on any atom is 0.222 e. The molecule has 0 spiro atoms. The predicted octanol–water partition coefficient (Wildman–Crippen LogP) is 4.84. The lowest BCUT2D eigenvalue weighted by Gasteiger charge is -2.27. The molecule has 4 heteroatoms. The molecule has 3 nitrogen and oxygen atoms in total. The molecule has 4 rings (SSSR count). The van der Waals surface area contributed by atoms with Gasteiger partial charge in [-0.2, -0.15) is 0 Å². The number of hydrogen-bond donors (Lipinski definition) is 1. The number of para-hydroxylation sites is 1. The van der Waals surface area contributed by atoms with Crippen molar-refractivity contribution in [1.82, 2.24) is 9.88 Å². The Kier molecular flexibility index (Phi) is 4.62. The fraction of sp³-hybridized carbons (Fsp3) is 0.286. The van der Waals surface area contributed by atoms with E-state index in [1.165, 1.54) is 22.2 Å². The van der Waals surface area contributed by atoms with Gasteiger partial charge in [-0.05, 0) is 40.4 Å². The quantitative estimate of drug-likeness (QED) is 0.672. The van der Waals surface area contributed by atoms with Crippen LogP contribution in [0.4, 0.5) is 0 Å². The van der Waals surface area contributed by atoms with Crippen LogP contribution in [0.1, 0.15) is 29.7 Å². The lowest BCUT2D eigenvalue weighted by molar-refractivity contribution is -0.132. The van der Waals surface area contributed by atoms with Gasteiger partial charge in [0.05, 0.1) is 5.52 Å². The van der Waals surface area contributed by atoms with Crippen molar-refractivity contribution >= 4 is 32.7 Å². The van der Waals surface area contributed by atoms with Crippen LogP contribution in [-0.2, 0) is 24.2 Å². The molecule has 0 aliphatic carbocycles. The Bertz CT molecular complexity index is 901. The molecule has 128 valence electrons. The Hall–Kier alpha value is -2.07. The number of amides is 1. The molecule has 0 radical (unpaired) electrons. The summed E-state index contributed by atoms with van der Waals surface area (Å²) in [4.78, 5) is 18.2. The molecule has 1 amide bonds. The van der Waals surface area contributed by atoms with Crippen molar-refractivity contribution in [3.8, 4) is 0 Å². The fourth-order valence-corrected chi connectivity index (χ4v) is 4.13. The van der Waals surface area contributed by atoms with Gasteiger partial charge in [0.2, 0.25) is 5.91 Å². The molecule has 1 aliphatic rings. The van der Waals surface area contributed by atoms with Crippen LogP contribution in [0.5, 0.6) is 0 Å². The zero-order valence-corrected chi connectivity index (χ0v) is 15.7. The van der Waals surface area contributed by atoms with E-state index in [0.717, 1.165) is 42.3 Å². The number of nitrogens with zero attached hydrogens (tertiary/aromatic N) is 1. The van der Waals surface area contributed by atoms with Crippen LogP contribution in [0.3, 0.4) is 0 Å². The van der Waals surface area contributed by atoms with Crippen molar-refractivity contribution in [3.63, 3.8) is 0 Å². The summed E-state index contributed by atoms with van der Waals surface area (Å²) in [7, 11) is 0. The van der Waals surface area contributed by atoms with Gasteiger partial charge >= 0.3 is 0 Å². The van der Waals surface area contributed by atoms with Gasteiger partial charge in [-0.1, -0.05) is 42.5 Å². The van der Waals surface area contributed by atoms with Crippen molar-refractivity contribution in [2.75, 3.05) is 6.54 Å². The predicted molar refractivity (Wildman–Crippen MR) is 104 cm³/mol. The second kappa shape index (κ2) is 7.04. The molecule has 1 N–H and O–H groups in total. The van der Waals surface area contributed by atoms with Crippen LogP contribution >= 0.6 is 15.9 Å². The summed E-state index contributed by atoms with van der Waals surface area (Å²) in [5.74, 6) is 0.269. The van der Waals surface area contributed by atoms with Crippen LogP contribution in [0.2, 0.25) is 0 Å². The topological polar surface area (TPSA) is 36.1 Å². The van der Waals surface area contributed by atoms with Crippen molar-refractivity contribution in [2.45, 2.75) is 32.2 Å². The third-order valence-corrected chi connectivity index (χ3v) is 5.67. The smallest absolute Gasteiger partial charge is 0.222 e. The minimum atomic E-state index is 0.269. The van der Waals surface area contributed by atoms with E-state index in [9.17, 15) is 4.79 Å². The molecule has 25 heavy (non-hydrogen) atoms. The first-order valence-corrected chi connectivity index (χ1v) is 9.61. The van der Waals surface area contributed by atoms with E-state index >= 15 is 0 Å². The normalized spacial score (nSPS) is 13.9. The third kappa shape index (κ3) is 3.36. The van der Waals surface area contributed by atoms with E-state index in [2.05, 4.69) is 63.4 Å². The van der Waals surface area contributed by atoms with Gasteiger partial charge in [-0.3, -0.25) is 4.79 Å². The number of carbonyl (C=O) groups is 1. The van der Waals surface area contributed by atoms with Gasteiger partial charge in [0, 0.05) is 47.0 Å². The lowest BCUT2D eigenvalue weighted by atomic mass is 10.0. The van der Waals surface area contributed by atoms with Crippen molar-refractivity contribution < 1.29 is 4.79 Å². The van der Waals surface area contributed by atoms with E-state index in [4.69, 9.17) is 0 Å². The highest BCUT2D eigenvalue weighted by Gasteiger charge is 2.24. The van der Waals surface area contributed by atoms with Crippen LogP contribution in [0.15, 0.2) is 53.0 Å². The SMILES string of the molecule is O=C(CCCc1ccccc1)N1CCc2[nH]c3c(Br)cccc3c2C1. The Morgan fingerprint density at radius 2 is 1.96 bits per heavy atom. The summed E-state index contributed by atoms with van der Waals surface area (Å²) in [6.07, 6.45) is 3.40. The molecule has 1 aromatic heterocycles. The van der Waals surface area contributed by atoms with Gasteiger partial charge < -0.3 is 9.88 Å². The van der Waals surface area contributed by atoms with Crippen LogP contribution < -0.4 is 0 Å². The molecular formula is C21H21BrN2O. The zero-order chi connectivity index (χ0) is 17.2. The maximum absolute atomic E-state index is 12.6. The highest BCUT2D eigenvalue weighted by molar-refractivity contribution is 9.10. The standard InChI is InChI=1S/C21H21BrN2O/c22-18-10-5-9-16-17-14-24(13-12-19(17)23-21(16)18)20(25)11-4-8-15-6-2-1-3-7-15/h1-3,5-7,9-10,23H,4,8,11-14H2. The number of fused-ring (bicyclic) bond motifs is 3. The first kappa shape index (κ1) is 16.4. The minimum Gasteiger partial charge on any atom is -0.357 e. The molecule has 0 saturated carbocycles. The van der Waals surface area contributed by atoms with E-state index in [1.54, 1.807) is 0 Å². The summed E-state index contributed by atoms with van der Waals surface area (Å²) in [6.45, 7) is 1.53. The van der Waals surface area contributed by atoms with Crippen LogP contribution in [0, 0.1) is 0 Å². The number of aromatic nitrogens is 1. The van der Waals surface area contributed by atoms with Crippen LogP contribution in [-0.4, -0.2) is 22.3 Å². The maximum atomic E-state index is 12.6. The molecule has 0 atom stereocenters. The number of nitrogens with one attached hydrogen (secondary N) is 1. The monoisotopic (exact) mass is 396 g/mol. The Morgan fingerprint density at radius 3 is 2.80 bits per heavy atom. The fourth-order valence-electron chi connectivity index (χ4n) is 3.66. The number of aromatic amines is 1. The Morgan fingerprint density at radius 1 is 1.12 bits per heavy atom. The highest BCUT2D eigenvalue weighted by atomic mass is 79.9. The van der Waals surface area contributed by atoms with Crippen molar-refractivity contribution in [3.05, 3.63) is 69.8 Å². The molecule has 2 aromatic carbocycles. The average Bonchev–Trinajstić information content (AvgIpc) is 3.02. The van der Waals surface area contributed by atoms with Crippen LogP contribution in [0.25, 0.3) is 10.9 Å². The first-order chi connectivity index (χ1) is 12.2. The second-order valence-corrected chi connectivity index (χ2v) is 7.50. The van der Waals surface area contributed by atoms with E-state index < -0.39 is 0 Å². The van der Waals surface area contributed by atoms with Gasteiger partial charge in [0.15, 0.2) is 0 Å². The number of rotatable bonds is 4. The number of H-pyrrole nitrogens is 1. The van der Waals surface area contributed by atoms with Crippen molar-refractivity contribution in [2.24, 2.45) is 0 Å². The highest BCUT2D eigenvalue weighted by Crippen LogP contribution is 2.32. The Balaban J connectivity index is 1.42. The van der Waals surface area contributed by atoms with E-state index in [1.807, 2.05) is 11.0 Å². The van der Waals surface area contributed by atoms with Crippen molar-refractivity contribution in [1.29, 1.82) is 0 Å². The largest absolute Gasteiger partial charge is 0.357 e. The molecule has 0 saturated heterocycles. The Labute approximate surface area is 156 Å². The molecule has 2 heterocycles. The van der Waals surface area contributed by atoms with E-state index in [-0.39, 0.29) is 5.91 Å². The molecule has 1 aliphatic heterocycles. The summed E-state index contributed by atoms with van der Waals surface area (Å²) >= 11 is 3.61. The molecular weight excluding hydrogens is 376 g/mol. The number of hydrogen-bond acceptors (Lipinski definition) is 1. The lowest BCUT2D eigenvalue weighted by Crippen LogP contribution is -2.35. The summed E-state index contributed by atoms with van der Waals surface area (Å²) in [5.41, 5.74) is 5.00. The third-order valence-electron chi connectivity index (χ3n) is 5.01. The van der Waals surface area contributed by atoms with Gasteiger partial charge in [0.1, 0.15) is 0 Å². The number of halogens is 1. The van der Waals surface area contributed by atoms with Gasteiger partial charge in [-0.25, -0.2) is 0 Å². The summed E-state index contributed by atoms with van der Waals surface area (Å²) in [6, 6.07) is 16.6. The summed E-state index contributed by atoms with van der Waals surface area (Å²) < 4.78 is 1.08. The number of carbonyl (C=O) groups excluding carboxylic acids is 1. The van der Waals surface area contributed by atoms with E-state index in [0.29, 0.717) is 6.42 Å². The number of aryl methyl sites for hydroxylation is 1. The summed E-state index contributed by atoms with van der Waals surface area (Å²) in [5, 5.41) is 1.23. The zero-order valence-electron chi connectivity index (χ0n) is 14.1. The molecule has 0 fully saturated rings. The molecule has 3 aromatic rings. The first-order valence-electron chi connectivity index (χ1n) is 8.82. The van der Waals surface area contributed by atoms with Gasteiger partial charge in [-0.15, -0.1) is 0 Å². The van der Waals surface area contributed by atoms with Gasteiger partial charge in [0.25, 0.3) is 0 Å².